The number of halogens is 4. The molecule has 0 aliphatic carbocycles. The van der Waals surface area contributed by atoms with E-state index in [-0.39, 0.29) is 10.0 Å². The van der Waals surface area contributed by atoms with E-state index < -0.39 is 23.8 Å². The van der Waals surface area contributed by atoms with Gasteiger partial charge in [0.25, 0.3) is 0 Å². The third kappa shape index (κ3) is 3.23. The SMILES string of the molecule is OC(CCBr)C(O)c1cc(F)c(Br)c(F)c1. The maximum absolute atomic E-state index is 13.2. The van der Waals surface area contributed by atoms with Gasteiger partial charge in [-0.2, -0.15) is 0 Å². The first-order valence-corrected chi connectivity index (χ1v) is 6.45. The van der Waals surface area contributed by atoms with Crippen molar-refractivity contribution in [3.8, 4) is 0 Å². The van der Waals surface area contributed by atoms with E-state index >= 15 is 0 Å². The summed E-state index contributed by atoms with van der Waals surface area (Å²) < 4.78 is 26.0. The molecule has 0 aliphatic heterocycles. The summed E-state index contributed by atoms with van der Waals surface area (Å²) in [6, 6.07) is 1.99. The summed E-state index contributed by atoms with van der Waals surface area (Å²) in [7, 11) is 0. The Balaban J connectivity index is 2.96. The Labute approximate surface area is 109 Å². The highest BCUT2D eigenvalue weighted by Crippen LogP contribution is 2.26. The van der Waals surface area contributed by atoms with Gasteiger partial charge in [-0.1, -0.05) is 15.9 Å². The molecule has 0 heterocycles. The van der Waals surface area contributed by atoms with Gasteiger partial charge in [0, 0.05) is 5.33 Å². The molecule has 2 nitrogen and oxygen atoms in total. The Kier molecular flexibility index (Phi) is 5.30. The van der Waals surface area contributed by atoms with Crippen LogP contribution in [0.4, 0.5) is 8.78 Å². The molecule has 0 radical (unpaired) electrons. The number of hydrogen-bond acceptors (Lipinski definition) is 2. The lowest BCUT2D eigenvalue weighted by atomic mass is 10.0. The second-order valence-electron chi connectivity index (χ2n) is 3.29. The summed E-state index contributed by atoms with van der Waals surface area (Å²) >= 11 is 5.83. The molecule has 1 aromatic rings. The van der Waals surface area contributed by atoms with Gasteiger partial charge in [0.05, 0.1) is 10.6 Å². The van der Waals surface area contributed by atoms with Crippen LogP contribution in [-0.2, 0) is 0 Å². The van der Waals surface area contributed by atoms with E-state index in [9.17, 15) is 19.0 Å². The Morgan fingerprint density at radius 1 is 1.19 bits per heavy atom. The van der Waals surface area contributed by atoms with Crippen molar-refractivity contribution in [1.29, 1.82) is 0 Å². The first-order valence-electron chi connectivity index (χ1n) is 4.54. The number of benzene rings is 1. The minimum absolute atomic E-state index is 0.0200. The lowest BCUT2D eigenvalue weighted by Crippen LogP contribution is -2.19. The van der Waals surface area contributed by atoms with Crippen molar-refractivity contribution in [3.05, 3.63) is 33.8 Å². The van der Waals surface area contributed by atoms with E-state index in [1.54, 1.807) is 0 Å². The minimum atomic E-state index is -1.30. The van der Waals surface area contributed by atoms with Gasteiger partial charge in [-0.05, 0) is 40.0 Å². The zero-order valence-electron chi connectivity index (χ0n) is 8.13. The van der Waals surface area contributed by atoms with Gasteiger partial charge in [0.2, 0.25) is 0 Å². The van der Waals surface area contributed by atoms with Gasteiger partial charge in [0.1, 0.15) is 17.7 Å². The van der Waals surface area contributed by atoms with Gasteiger partial charge < -0.3 is 10.2 Å². The van der Waals surface area contributed by atoms with Crippen LogP contribution in [0.3, 0.4) is 0 Å². The largest absolute Gasteiger partial charge is 0.390 e. The first kappa shape index (κ1) is 14.0. The van der Waals surface area contributed by atoms with Crippen molar-refractivity contribution in [2.45, 2.75) is 18.6 Å². The highest BCUT2D eigenvalue weighted by Gasteiger charge is 2.20. The van der Waals surface area contributed by atoms with Crippen LogP contribution >= 0.6 is 31.9 Å². The third-order valence-electron chi connectivity index (χ3n) is 2.12. The fourth-order valence-electron chi connectivity index (χ4n) is 1.24. The number of alkyl halides is 1. The molecule has 0 saturated heterocycles. The fraction of sp³-hybridized carbons (Fsp3) is 0.400. The van der Waals surface area contributed by atoms with Crippen LogP contribution in [0.5, 0.6) is 0 Å². The fourth-order valence-corrected chi connectivity index (χ4v) is 1.94. The minimum Gasteiger partial charge on any atom is -0.390 e. The van der Waals surface area contributed by atoms with Crippen LogP contribution in [0.2, 0.25) is 0 Å². The van der Waals surface area contributed by atoms with Crippen LogP contribution in [0.25, 0.3) is 0 Å². The Morgan fingerprint density at radius 2 is 1.69 bits per heavy atom. The maximum Gasteiger partial charge on any atom is 0.140 e. The summed E-state index contributed by atoms with van der Waals surface area (Å²) in [5.74, 6) is -1.61. The van der Waals surface area contributed by atoms with Crippen molar-refractivity contribution in [2.75, 3.05) is 5.33 Å². The van der Waals surface area contributed by atoms with Crippen LogP contribution in [0.1, 0.15) is 18.1 Å². The summed E-state index contributed by atoms with van der Waals surface area (Å²) in [5.41, 5.74) is 0.0200. The molecular formula is C10H10Br2F2O2. The van der Waals surface area contributed by atoms with E-state index in [4.69, 9.17) is 0 Å². The lowest BCUT2D eigenvalue weighted by Gasteiger charge is -2.17. The predicted octanol–water partition coefficient (Wildman–Crippen LogP) is 2.91. The van der Waals surface area contributed by atoms with Gasteiger partial charge >= 0.3 is 0 Å². The van der Waals surface area contributed by atoms with Gasteiger partial charge in [-0.15, -0.1) is 0 Å². The van der Waals surface area contributed by atoms with Crippen molar-refractivity contribution in [2.24, 2.45) is 0 Å². The first-order chi connectivity index (χ1) is 7.47. The summed E-state index contributed by atoms with van der Waals surface area (Å²) in [6.45, 7) is 0. The molecule has 0 aliphatic rings. The van der Waals surface area contributed by atoms with Gasteiger partial charge in [0.15, 0.2) is 0 Å². The summed E-state index contributed by atoms with van der Waals surface area (Å²) in [4.78, 5) is 0. The molecule has 6 heteroatoms. The molecule has 0 fully saturated rings. The topological polar surface area (TPSA) is 40.5 Å². The molecule has 16 heavy (non-hydrogen) atoms. The van der Waals surface area contributed by atoms with Crippen LogP contribution < -0.4 is 0 Å². The monoisotopic (exact) mass is 358 g/mol. The molecule has 0 aromatic heterocycles. The maximum atomic E-state index is 13.2. The molecule has 2 N–H and O–H groups in total. The zero-order valence-corrected chi connectivity index (χ0v) is 11.3. The smallest absolute Gasteiger partial charge is 0.140 e. The second-order valence-corrected chi connectivity index (χ2v) is 4.87. The molecule has 1 aromatic carbocycles. The zero-order chi connectivity index (χ0) is 12.3. The Morgan fingerprint density at radius 3 is 2.12 bits per heavy atom. The highest BCUT2D eigenvalue weighted by atomic mass is 79.9. The number of rotatable bonds is 4. The average Bonchev–Trinajstić information content (AvgIpc) is 2.24. The van der Waals surface area contributed by atoms with Gasteiger partial charge in [-0.3, -0.25) is 0 Å². The molecule has 90 valence electrons. The Hall–Kier alpha value is -0.0400. The Bertz CT molecular complexity index is 351. The van der Waals surface area contributed by atoms with E-state index in [2.05, 4.69) is 31.9 Å². The number of hydrogen-bond donors (Lipinski definition) is 2. The average molecular weight is 360 g/mol. The molecule has 1 rings (SSSR count). The van der Waals surface area contributed by atoms with E-state index in [1.165, 1.54) is 0 Å². The van der Waals surface area contributed by atoms with Crippen molar-refractivity contribution >= 4 is 31.9 Å². The third-order valence-corrected chi connectivity index (χ3v) is 3.33. The van der Waals surface area contributed by atoms with Gasteiger partial charge in [-0.25, -0.2) is 8.78 Å². The lowest BCUT2D eigenvalue weighted by molar-refractivity contribution is 0.0170. The molecule has 0 saturated carbocycles. The summed E-state index contributed by atoms with van der Waals surface area (Å²) in [6.07, 6.45) is -2.06. The molecule has 2 atom stereocenters. The highest BCUT2D eigenvalue weighted by molar-refractivity contribution is 9.10. The number of aliphatic hydroxyl groups is 2. The van der Waals surface area contributed by atoms with Crippen LogP contribution in [0.15, 0.2) is 16.6 Å². The van der Waals surface area contributed by atoms with Crippen LogP contribution in [-0.4, -0.2) is 21.6 Å². The molecular weight excluding hydrogens is 350 g/mol. The van der Waals surface area contributed by atoms with Crippen molar-refractivity contribution in [3.63, 3.8) is 0 Å². The molecule has 2 unspecified atom stereocenters. The standard InChI is InChI=1S/C10H10Br2F2O2/c11-2-1-8(15)10(16)5-3-6(13)9(12)7(14)4-5/h3-4,8,10,15-16H,1-2H2. The van der Waals surface area contributed by atoms with E-state index in [0.29, 0.717) is 11.8 Å². The second kappa shape index (κ2) is 6.05. The summed E-state index contributed by atoms with van der Waals surface area (Å²) in [5, 5.41) is 19.6. The normalized spacial score (nSPS) is 14.9. The van der Waals surface area contributed by atoms with Crippen molar-refractivity contribution in [1.82, 2.24) is 0 Å². The predicted molar refractivity (Wildman–Crippen MR) is 63.4 cm³/mol. The molecule has 0 spiro atoms. The van der Waals surface area contributed by atoms with E-state index in [0.717, 1.165) is 12.1 Å². The molecule has 0 bridgehead atoms. The van der Waals surface area contributed by atoms with Crippen LogP contribution in [0, 0.1) is 11.6 Å². The number of aliphatic hydroxyl groups excluding tert-OH is 2. The van der Waals surface area contributed by atoms with Crippen molar-refractivity contribution < 1.29 is 19.0 Å². The quantitative estimate of drug-likeness (QED) is 0.641. The molecule has 0 amide bonds. The van der Waals surface area contributed by atoms with E-state index in [1.807, 2.05) is 0 Å².